The number of benzene rings is 1. The van der Waals surface area contributed by atoms with Gasteiger partial charge in [-0.2, -0.15) is 13.2 Å². The fourth-order valence-electron chi connectivity index (χ4n) is 1.22. The van der Waals surface area contributed by atoms with Gasteiger partial charge in [0.1, 0.15) is 12.9 Å². The number of carbonyl (C=O) groups is 1. The Morgan fingerprint density at radius 2 is 2.11 bits per heavy atom. The maximum Gasteiger partial charge on any atom is 0.411 e. The highest BCUT2D eigenvalue weighted by molar-refractivity contribution is 7.99. The van der Waals surface area contributed by atoms with Crippen molar-refractivity contribution in [2.45, 2.75) is 17.5 Å². The van der Waals surface area contributed by atoms with E-state index < -0.39 is 12.8 Å². The molecule has 0 heterocycles. The van der Waals surface area contributed by atoms with Crippen LogP contribution in [0.3, 0.4) is 0 Å². The molecule has 0 unspecified atom stereocenters. The molecule has 1 aromatic carbocycles. The van der Waals surface area contributed by atoms with Gasteiger partial charge in [0.15, 0.2) is 0 Å². The lowest BCUT2D eigenvalue weighted by molar-refractivity contribution is -0.173. The maximum absolute atomic E-state index is 11.7. The molecule has 0 aliphatic rings. The van der Waals surface area contributed by atoms with Gasteiger partial charge >= 0.3 is 6.18 Å². The Kier molecular flexibility index (Phi) is 6.21. The van der Waals surface area contributed by atoms with Crippen LogP contribution in [-0.2, 0) is 4.74 Å². The average molecular weight is 278 g/mol. The highest BCUT2D eigenvalue weighted by atomic mass is 32.2. The summed E-state index contributed by atoms with van der Waals surface area (Å²) in [6, 6.07) is 7.07. The third-order valence-electron chi connectivity index (χ3n) is 1.96. The predicted molar refractivity (Wildman–Crippen MR) is 64.0 cm³/mol. The standard InChI is InChI=1S/C12H13F3O2S/c13-12(14,15)9-17-5-2-6-18-11-4-1-3-10(7-11)8-16/h1,3-4,7-8H,2,5-6,9H2. The Labute approximate surface area is 108 Å². The molecule has 0 aliphatic heterocycles. The fraction of sp³-hybridized carbons (Fsp3) is 0.417. The highest BCUT2D eigenvalue weighted by Crippen LogP contribution is 2.20. The number of hydrogen-bond donors (Lipinski definition) is 0. The van der Waals surface area contributed by atoms with Crippen LogP contribution < -0.4 is 0 Å². The molecule has 1 rings (SSSR count). The lowest BCUT2D eigenvalue weighted by Crippen LogP contribution is -2.17. The number of ether oxygens (including phenoxy) is 1. The molecule has 1 aromatic rings. The molecule has 0 atom stereocenters. The van der Waals surface area contributed by atoms with Crippen molar-refractivity contribution in [3.63, 3.8) is 0 Å². The van der Waals surface area contributed by atoms with Gasteiger partial charge in [-0.1, -0.05) is 12.1 Å². The largest absolute Gasteiger partial charge is 0.411 e. The van der Waals surface area contributed by atoms with Crippen molar-refractivity contribution < 1.29 is 22.7 Å². The van der Waals surface area contributed by atoms with Gasteiger partial charge in [-0.25, -0.2) is 0 Å². The van der Waals surface area contributed by atoms with Gasteiger partial charge in [-0.15, -0.1) is 11.8 Å². The third kappa shape index (κ3) is 6.66. The summed E-state index contributed by atoms with van der Waals surface area (Å²) in [6.07, 6.45) is -2.96. The van der Waals surface area contributed by atoms with Crippen LogP contribution in [0.1, 0.15) is 16.8 Å². The lowest BCUT2D eigenvalue weighted by Gasteiger charge is -2.07. The van der Waals surface area contributed by atoms with E-state index in [1.165, 1.54) is 11.8 Å². The van der Waals surface area contributed by atoms with Crippen LogP contribution in [0, 0.1) is 0 Å². The van der Waals surface area contributed by atoms with Crippen LogP contribution in [0.5, 0.6) is 0 Å². The zero-order valence-electron chi connectivity index (χ0n) is 9.57. The minimum absolute atomic E-state index is 0.0832. The second-order valence-electron chi connectivity index (χ2n) is 3.56. The molecule has 100 valence electrons. The number of aldehydes is 1. The summed E-state index contributed by atoms with van der Waals surface area (Å²) >= 11 is 1.49. The highest BCUT2D eigenvalue weighted by Gasteiger charge is 2.27. The minimum atomic E-state index is -4.26. The Hall–Kier alpha value is -1.01. The van der Waals surface area contributed by atoms with Crippen LogP contribution in [0.4, 0.5) is 13.2 Å². The minimum Gasteiger partial charge on any atom is -0.372 e. The molecule has 0 N–H and O–H groups in total. The van der Waals surface area contributed by atoms with Crippen LogP contribution in [0.2, 0.25) is 0 Å². The van der Waals surface area contributed by atoms with Crippen molar-refractivity contribution in [2.75, 3.05) is 19.0 Å². The number of halogens is 3. The zero-order valence-corrected chi connectivity index (χ0v) is 10.4. The molecule has 0 bridgehead atoms. The monoisotopic (exact) mass is 278 g/mol. The van der Waals surface area contributed by atoms with Crippen molar-refractivity contribution in [3.8, 4) is 0 Å². The normalized spacial score (nSPS) is 11.5. The van der Waals surface area contributed by atoms with Crippen molar-refractivity contribution in [1.29, 1.82) is 0 Å². The van der Waals surface area contributed by atoms with Crippen molar-refractivity contribution in [2.24, 2.45) is 0 Å². The van der Waals surface area contributed by atoms with E-state index in [0.717, 1.165) is 11.2 Å². The van der Waals surface area contributed by atoms with E-state index in [-0.39, 0.29) is 6.61 Å². The van der Waals surface area contributed by atoms with Gasteiger partial charge in [-0.3, -0.25) is 4.79 Å². The SMILES string of the molecule is O=Cc1cccc(SCCCOCC(F)(F)F)c1. The maximum atomic E-state index is 11.7. The van der Waals surface area contributed by atoms with E-state index >= 15 is 0 Å². The molecule has 6 heteroatoms. The topological polar surface area (TPSA) is 26.3 Å². The summed E-state index contributed by atoms with van der Waals surface area (Å²) in [6.45, 7) is -1.11. The quantitative estimate of drug-likeness (QED) is 0.433. The number of hydrogen-bond acceptors (Lipinski definition) is 3. The first-order valence-electron chi connectivity index (χ1n) is 5.34. The van der Waals surface area contributed by atoms with Crippen molar-refractivity contribution in [3.05, 3.63) is 29.8 Å². The van der Waals surface area contributed by atoms with Gasteiger partial charge in [0, 0.05) is 22.8 Å². The molecule has 0 amide bonds. The van der Waals surface area contributed by atoms with Crippen molar-refractivity contribution >= 4 is 18.0 Å². The molecule has 0 spiro atoms. The van der Waals surface area contributed by atoms with Crippen LogP contribution in [0.25, 0.3) is 0 Å². The van der Waals surface area contributed by atoms with E-state index in [2.05, 4.69) is 4.74 Å². The first-order valence-corrected chi connectivity index (χ1v) is 6.32. The number of carbonyl (C=O) groups excluding carboxylic acids is 1. The van der Waals surface area contributed by atoms with Crippen LogP contribution in [0.15, 0.2) is 29.2 Å². The second-order valence-corrected chi connectivity index (χ2v) is 4.73. The summed E-state index contributed by atoms with van der Waals surface area (Å²) in [4.78, 5) is 11.5. The molecule has 0 aromatic heterocycles. The van der Waals surface area contributed by atoms with E-state index in [1.807, 2.05) is 6.07 Å². The predicted octanol–water partition coefficient (Wildman–Crippen LogP) is 3.56. The molecule has 0 aliphatic carbocycles. The first kappa shape index (κ1) is 15.0. The molecule has 0 saturated heterocycles. The summed E-state index contributed by atoms with van der Waals surface area (Å²) in [7, 11) is 0. The van der Waals surface area contributed by atoms with Gasteiger partial charge in [0.2, 0.25) is 0 Å². The van der Waals surface area contributed by atoms with E-state index in [0.29, 0.717) is 17.7 Å². The number of rotatable bonds is 7. The van der Waals surface area contributed by atoms with Gasteiger partial charge in [-0.05, 0) is 18.6 Å². The van der Waals surface area contributed by atoms with Gasteiger partial charge in [0.05, 0.1) is 0 Å². The van der Waals surface area contributed by atoms with Gasteiger partial charge in [0.25, 0.3) is 0 Å². The summed E-state index contributed by atoms with van der Waals surface area (Å²) in [5.41, 5.74) is 0.591. The smallest absolute Gasteiger partial charge is 0.372 e. The Morgan fingerprint density at radius 3 is 2.78 bits per heavy atom. The third-order valence-corrected chi connectivity index (χ3v) is 3.04. The van der Waals surface area contributed by atoms with Gasteiger partial charge < -0.3 is 4.74 Å². The van der Waals surface area contributed by atoms with E-state index in [9.17, 15) is 18.0 Å². The summed E-state index contributed by atoms with van der Waals surface area (Å²) in [5.74, 6) is 0.653. The Bertz CT molecular complexity index is 380. The average Bonchev–Trinajstić information content (AvgIpc) is 2.32. The molecular formula is C12H13F3O2S. The molecule has 0 radical (unpaired) electrons. The van der Waals surface area contributed by atoms with E-state index in [4.69, 9.17) is 0 Å². The van der Waals surface area contributed by atoms with Crippen molar-refractivity contribution in [1.82, 2.24) is 0 Å². The Morgan fingerprint density at radius 1 is 1.33 bits per heavy atom. The zero-order chi connectivity index (χ0) is 13.4. The summed E-state index contributed by atoms with van der Waals surface area (Å²) in [5, 5.41) is 0. The van der Waals surface area contributed by atoms with E-state index in [1.54, 1.807) is 18.2 Å². The molecule has 0 fully saturated rings. The molecule has 18 heavy (non-hydrogen) atoms. The lowest BCUT2D eigenvalue weighted by atomic mass is 10.2. The number of thioether (sulfide) groups is 1. The molecular weight excluding hydrogens is 265 g/mol. The Balaban J connectivity index is 2.16. The van der Waals surface area contributed by atoms with Crippen LogP contribution in [-0.4, -0.2) is 31.4 Å². The fourth-order valence-corrected chi connectivity index (χ4v) is 2.11. The molecule has 0 saturated carbocycles. The second kappa shape index (κ2) is 7.43. The number of alkyl halides is 3. The van der Waals surface area contributed by atoms with Crippen LogP contribution >= 0.6 is 11.8 Å². The first-order chi connectivity index (χ1) is 8.51. The molecule has 2 nitrogen and oxygen atoms in total. The summed E-state index contributed by atoms with van der Waals surface area (Å²) < 4.78 is 39.7.